The number of allylic oxidation sites excluding steroid dienone is 1. The van der Waals surface area contributed by atoms with Crippen molar-refractivity contribution in [3.63, 3.8) is 0 Å². The zero-order chi connectivity index (χ0) is 22.3. The zero-order valence-corrected chi connectivity index (χ0v) is 16.1. The summed E-state index contributed by atoms with van der Waals surface area (Å²) in [5.74, 6) is -5.47. The number of alkyl halides is 3. The van der Waals surface area contributed by atoms with E-state index in [4.69, 9.17) is 11.6 Å². The van der Waals surface area contributed by atoms with Crippen LogP contribution in [0.5, 0.6) is 0 Å². The molecular weight excluding hydrogens is 425 g/mol. The van der Waals surface area contributed by atoms with Crippen molar-refractivity contribution in [3.8, 4) is 0 Å². The summed E-state index contributed by atoms with van der Waals surface area (Å²) in [6, 6.07) is 11.8. The molecular formula is C20H14ClF3N2O4. The maximum Gasteiger partial charge on any atom is 0.425 e. The van der Waals surface area contributed by atoms with E-state index in [2.05, 4.69) is 0 Å². The van der Waals surface area contributed by atoms with E-state index in [9.17, 15) is 32.7 Å². The molecule has 1 fully saturated rings. The van der Waals surface area contributed by atoms with E-state index in [0.29, 0.717) is 0 Å². The summed E-state index contributed by atoms with van der Waals surface area (Å²) in [5.41, 5.74) is -5.41. The van der Waals surface area contributed by atoms with Crippen molar-refractivity contribution in [1.82, 2.24) is 5.32 Å². The fraction of sp³-hybridized carbons (Fsp3) is 0.150. The predicted octanol–water partition coefficient (Wildman–Crippen LogP) is 3.78. The van der Waals surface area contributed by atoms with Gasteiger partial charge in [0.15, 0.2) is 0 Å². The molecule has 0 aromatic heterocycles. The Kier molecular flexibility index (Phi) is 5.34. The summed E-state index contributed by atoms with van der Waals surface area (Å²) < 4.78 is 42.9. The van der Waals surface area contributed by atoms with E-state index in [1.54, 1.807) is 11.4 Å². The normalized spacial score (nSPS) is 21.0. The predicted molar refractivity (Wildman–Crippen MR) is 102 cm³/mol. The van der Waals surface area contributed by atoms with Crippen LogP contribution in [0.4, 0.5) is 18.9 Å². The summed E-state index contributed by atoms with van der Waals surface area (Å²) in [7, 11) is 0. The number of imide groups is 1. The molecule has 1 atom stereocenters. The van der Waals surface area contributed by atoms with Crippen molar-refractivity contribution >= 4 is 35.0 Å². The molecule has 1 heterocycles. The number of carbonyl (C=O) groups excluding carboxylic acids is 3. The number of hydrogen-bond donors (Lipinski definition) is 2. The van der Waals surface area contributed by atoms with Gasteiger partial charge in [0.25, 0.3) is 23.3 Å². The lowest BCUT2D eigenvalue weighted by molar-refractivity contribution is -0.184. The first kappa shape index (κ1) is 21.4. The average Bonchev–Trinajstić information content (AvgIpc) is 2.90. The fourth-order valence-corrected chi connectivity index (χ4v) is 3.30. The number of carbonyl (C=O) groups is 3. The third-order valence-corrected chi connectivity index (χ3v) is 4.78. The van der Waals surface area contributed by atoms with Crippen molar-refractivity contribution in [2.75, 3.05) is 4.90 Å². The molecule has 2 aromatic carbocycles. The van der Waals surface area contributed by atoms with Gasteiger partial charge in [-0.3, -0.25) is 14.4 Å². The number of aliphatic hydroxyl groups is 1. The van der Waals surface area contributed by atoms with Gasteiger partial charge in [0.2, 0.25) is 0 Å². The number of halogens is 4. The number of aliphatic hydroxyl groups excluding tert-OH is 1. The summed E-state index contributed by atoms with van der Waals surface area (Å²) >= 11 is 5.76. The molecule has 10 heteroatoms. The molecule has 1 saturated heterocycles. The van der Waals surface area contributed by atoms with E-state index in [-0.39, 0.29) is 21.2 Å². The lowest BCUT2D eigenvalue weighted by Gasteiger charge is -2.31. The molecule has 1 aliphatic heterocycles. The van der Waals surface area contributed by atoms with Crippen LogP contribution in [0.1, 0.15) is 17.3 Å². The lowest BCUT2D eigenvalue weighted by Crippen LogP contribution is -2.64. The first-order chi connectivity index (χ1) is 14.0. The van der Waals surface area contributed by atoms with Gasteiger partial charge in [-0.15, -0.1) is 0 Å². The highest BCUT2D eigenvalue weighted by Gasteiger charge is 2.72. The molecule has 6 nitrogen and oxygen atoms in total. The summed E-state index contributed by atoms with van der Waals surface area (Å²) in [4.78, 5) is 38.7. The SMILES string of the molecule is C/C(O)=C1/C(=O)N(c2ccc(Cl)cc2)C(=O)[C@@]1(NC(=O)c1ccccc1)C(F)(F)F. The Labute approximate surface area is 173 Å². The number of benzene rings is 2. The number of rotatable bonds is 3. The Bertz CT molecular complexity index is 1050. The van der Waals surface area contributed by atoms with Crippen molar-refractivity contribution < 1.29 is 32.7 Å². The van der Waals surface area contributed by atoms with Crippen LogP contribution in [0.3, 0.4) is 0 Å². The molecule has 0 unspecified atom stereocenters. The van der Waals surface area contributed by atoms with Gasteiger partial charge >= 0.3 is 6.18 Å². The van der Waals surface area contributed by atoms with E-state index in [0.717, 1.165) is 6.92 Å². The number of hydrogen-bond acceptors (Lipinski definition) is 4. The Morgan fingerprint density at radius 1 is 1.07 bits per heavy atom. The Morgan fingerprint density at radius 3 is 2.13 bits per heavy atom. The molecule has 0 radical (unpaired) electrons. The minimum absolute atomic E-state index is 0.166. The number of amides is 3. The van der Waals surface area contributed by atoms with Crippen LogP contribution in [-0.4, -0.2) is 34.5 Å². The smallest absolute Gasteiger partial charge is 0.425 e. The Morgan fingerprint density at radius 2 is 1.63 bits per heavy atom. The molecule has 1 aliphatic rings. The molecule has 3 rings (SSSR count). The van der Waals surface area contributed by atoms with E-state index >= 15 is 0 Å². The van der Waals surface area contributed by atoms with Gasteiger partial charge in [-0.2, -0.15) is 13.2 Å². The summed E-state index contributed by atoms with van der Waals surface area (Å²) in [6.07, 6.45) is -5.44. The van der Waals surface area contributed by atoms with Gasteiger partial charge in [0.05, 0.1) is 11.3 Å². The van der Waals surface area contributed by atoms with Crippen molar-refractivity contribution in [2.45, 2.75) is 18.6 Å². The minimum atomic E-state index is -5.44. The van der Waals surface area contributed by atoms with Crippen molar-refractivity contribution in [3.05, 3.63) is 76.5 Å². The van der Waals surface area contributed by atoms with Crippen LogP contribution >= 0.6 is 11.6 Å². The van der Waals surface area contributed by atoms with Crippen LogP contribution in [0.2, 0.25) is 5.02 Å². The van der Waals surface area contributed by atoms with Crippen LogP contribution in [0.25, 0.3) is 0 Å². The highest BCUT2D eigenvalue weighted by Crippen LogP contribution is 2.45. The largest absolute Gasteiger partial charge is 0.512 e. The Balaban J connectivity index is 2.20. The van der Waals surface area contributed by atoms with Gasteiger partial charge in [-0.25, -0.2) is 4.90 Å². The van der Waals surface area contributed by atoms with Gasteiger partial charge in [-0.05, 0) is 43.3 Å². The van der Waals surface area contributed by atoms with Crippen molar-refractivity contribution in [1.29, 1.82) is 0 Å². The molecule has 2 N–H and O–H groups in total. The van der Waals surface area contributed by atoms with Crippen LogP contribution in [-0.2, 0) is 9.59 Å². The van der Waals surface area contributed by atoms with Gasteiger partial charge in [-0.1, -0.05) is 29.8 Å². The molecule has 0 bridgehead atoms. The number of nitrogens with one attached hydrogen (secondary N) is 1. The third-order valence-electron chi connectivity index (χ3n) is 4.52. The second-order valence-electron chi connectivity index (χ2n) is 6.45. The molecule has 0 aliphatic carbocycles. The second kappa shape index (κ2) is 7.49. The van der Waals surface area contributed by atoms with Crippen LogP contribution in [0, 0.1) is 0 Å². The maximum absolute atomic E-state index is 14.3. The lowest BCUT2D eigenvalue weighted by atomic mass is 9.89. The number of nitrogens with zero attached hydrogens (tertiary/aromatic N) is 1. The first-order valence-corrected chi connectivity index (χ1v) is 8.87. The second-order valence-corrected chi connectivity index (χ2v) is 6.89. The van der Waals surface area contributed by atoms with Crippen molar-refractivity contribution in [2.24, 2.45) is 0 Å². The quantitative estimate of drug-likeness (QED) is 0.434. The molecule has 3 amide bonds. The average molecular weight is 439 g/mol. The first-order valence-electron chi connectivity index (χ1n) is 8.49. The fourth-order valence-electron chi connectivity index (χ4n) is 3.17. The topological polar surface area (TPSA) is 86.7 Å². The molecule has 0 saturated carbocycles. The van der Waals surface area contributed by atoms with E-state index in [1.807, 2.05) is 0 Å². The Hall–Kier alpha value is -3.33. The summed E-state index contributed by atoms with van der Waals surface area (Å²) in [6.45, 7) is 0.834. The number of anilines is 1. The third kappa shape index (κ3) is 3.30. The molecule has 2 aromatic rings. The van der Waals surface area contributed by atoms with E-state index in [1.165, 1.54) is 48.5 Å². The highest BCUT2D eigenvalue weighted by atomic mass is 35.5. The molecule has 156 valence electrons. The van der Waals surface area contributed by atoms with Gasteiger partial charge < -0.3 is 10.4 Å². The molecule has 30 heavy (non-hydrogen) atoms. The highest BCUT2D eigenvalue weighted by molar-refractivity contribution is 6.34. The van der Waals surface area contributed by atoms with Gasteiger partial charge in [0, 0.05) is 10.6 Å². The van der Waals surface area contributed by atoms with Gasteiger partial charge in [0.1, 0.15) is 5.76 Å². The van der Waals surface area contributed by atoms with Crippen LogP contribution < -0.4 is 10.2 Å². The van der Waals surface area contributed by atoms with E-state index < -0.39 is 40.8 Å². The summed E-state index contributed by atoms with van der Waals surface area (Å²) in [5, 5.41) is 11.8. The minimum Gasteiger partial charge on any atom is -0.512 e. The molecule has 0 spiro atoms. The monoisotopic (exact) mass is 438 g/mol. The standard InChI is InChI=1S/C20H14ClF3N2O4/c1-11(27)15-17(29)26(14-9-7-13(21)8-10-14)18(30)19(15,20(22,23)24)25-16(28)12-5-3-2-4-6-12/h2-10,27H,1H3,(H,25,28)/b15-11+/t19-/m1/s1. The maximum atomic E-state index is 14.3. The zero-order valence-electron chi connectivity index (χ0n) is 15.3. The van der Waals surface area contributed by atoms with Crippen LogP contribution in [0.15, 0.2) is 65.9 Å².